The summed E-state index contributed by atoms with van der Waals surface area (Å²) in [5.41, 5.74) is -0.673. The molecule has 0 bridgehead atoms. The predicted octanol–water partition coefficient (Wildman–Crippen LogP) is 2.82. The maximum absolute atomic E-state index is 12.0. The van der Waals surface area contributed by atoms with Gasteiger partial charge in [-0.25, -0.2) is 0 Å². The van der Waals surface area contributed by atoms with E-state index in [4.69, 9.17) is 0 Å². The van der Waals surface area contributed by atoms with Crippen LogP contribution in [0.2, 0.25) is 0 Å². The largest absolute Gasteiger partial charge is 0.481 e. The molecular weight excluding hydrogens is 242 g/mol. The highest BCUT2D eigenvalue weighted by Crippen LogP contribution is 2.49. The van der Waals surface area contributed by atoms with Crippen LogP contribution in [0, 0.1) is 16.7 Å². The van der Waals surface area contributed by atoms with Crippen LogP contribution < -0.4 is 5.32 Å². The zero-order chi connectivity index (χ0) is 14.7. The van der Waals surface area contributed by atoms with Crippen LogP contribution in [0.15, 0.2) is 0 Å². The summed E-state index contributed by atoms with van der Waals surface area (Å²) in [7, 11) is 0. The van der Waals surface area contributed by atoms with Crippen LogP contribution >= 0.6 is 0 Å². The van der Waals surface area contributed by atoms with E-state index in [1.54, 1.807) is 6.92 Å². The third-order valence-corrected chi connectivity index (χ3v) is 4.69. The van der Waals surface area contributed by atoms with E-state index in [1.165, 1.54) is 12.8 Å². The number of amides is 1. The number of hydrogen-bond acceptors (Lipinski definition) is 2. The van der Waals surface area contributed by atoms with E-state index in [-0.39, 0.29) is 18.2 Å². The molecule has 0 heterocycles. The van der Waals surface area contributed by atoms with Gasteiger partial charge in [0.1, 0.15) is 0 Å². The van der Waals surface area contributed by atoms with Crippen molar-refractivity contribution in [3.8, 4) is 0 Å². The van der Waals surface area contributed by atoms with Crippen molar-refractivity contribution in [3.63, 3.8) is 0 Å². The molecule has 0 aromatic carbocycles. The first-order valence-electron chi connectivity index (χ1n) is 7.26. The molecule has 4 heteroatoms. The first-order chi connectivity index (χ1) is 8.76. The molecule has 1 aliphatic carbocycles. The molecule has 1 atom stereocenters. The van der Waals surface area contributed by atoms with Gasteiger partial charge in [-0.2, -0.15) is 0 Å². The average Bonchev–Trinajstić information content (AvgIpc) is 3.07. The lowest BCUT2D eigenvalue weighted by atomic mass is 9.76. The summed E-state index contributed by atoms with van der Waals surface area (Å²) >= 11 is 0. The van der Waals surface area contributed by atoms with Gasteiger partial charge in [-0.3, -0.25) is 9.59 Å². The molecule has 2 N–H and O–H groups in total. The minimum atomic E-state index is -0.981. The predicted molar refractivity (Wildman–Crippen MR) is 74.8 cm³/mol. The number of aliphatic carboxylic acids is 1. The van der Waals surface area contributed by atoms with E-state index in [9.17, 15) is 14.7 Å². The van der Waals surface area contributed by atoms with Crippen molar-refractivity contribution < 1.29 is 14.7 Å². The molecule has 0 aromatic heterocycles. The Labute approximate surface area is 116 Å². The van der Waals surface area contributed by atoms with Gasteiger partial charge >= 0.3 is 5.97 Å². The summed E-state index contributed by atoms with van der Waals surface area (Å²) in [6.45, 7) is 8.20. The quantitative estimate of drug-likeness (QED) is 0.712. The maximum Gasteiger partial charge on any atom is 0.310 e. The second kappa shape index (κ2) is 5.93. The Bertz CT molecular complexity index is 347. The molecular formula is C15H27NO3. The van der Waals surface area contributed by atoms with E-state index in [2.05, 4.69) is 12.2 Å². The van der Waals surface area contributed by atoms with E-state index in [0.717, 1.165) is 12.8 Å². The molecule has 1 fully saturated rings. The van der Waals surface area contributed by atoms with Crippen LogP contribution in [-0.2, 0) is 9.59 Å². The molecule has 1 aliphatic rings. The van der Waals surface area contributed by atoms with E-state index >= 15 is 0 Å². The van der Waals surface area contributed by atoms with Gasteiger partial charge in [0.25, 0.3) is 0 Å². The third kappa shape index (κ3) is 3.95. The second-order valence-corrected chi connectivity index (χ2v) is 6.58. The van der Waals surface area contributed by atoms with Gasteiger partial charge in [0.2, 0.25) is 5.91 Å². The molecule has 1 amide bonds. The van der Waals surface area contributed by atoms with E-state index in [0.29, 0.717) is 12.0 Å². The minimum absolute atomic E-state index is 0.0577. The Hall–Kier alpha value is -1.06. The number of nitrogens with one attached hydrogen (secondary N) is 1. The summed E-state index contributed by atoms with van der Waals surface area (Å²) in [6, 6.07) is 0. The Morgan fingerprint density at radius 1 is 1.37 bits per heavy atom. The molecule has 1 saturated carbocycles. The Morgan fingerprint density at radius 2 is 1.95 bits per heavy atom. The highest BCUT2D eigenvalue weighted by molar-refractivity contribution is 5.84. The zero-order valence-electron chi connectivity index (χ0n) is 12.6. The third-order valence-electron chi connectivity index (χ3n) is 4.69. The Kier molecular flexibility index (Phi) is 4.99. The lowest BCUT2D eigenvalue weighted by Crippen LogP contribution is -2.40. The summed E-state index contributed by atoms with van der Waals surface area (Å²) in [5, 5.41) is 12.2. The van der Waals surface area contributed by atoms with Gasteiger partial charge in [0, 0.05) is 13.0 Å². The molecule has 1 rings (SSSR count). The van der Waals surface area contributed by atoms with Crippen molar-refractivity contribution in [3.05, 3.63) is 0 Å². The van der Waals surface area contributed by atoms with Crippen LogP contribution in [0.5, 0.6) is 0 Å². The van der Waals surface area contributed by atoms with Crippen LogP contribution in [0.1, 0.15) is 59.8 Å². The Balaban J connectivity index is 2.48. The molecule has 0 aromatic rings. The van der Waals surface area contributed by atoms with Gasteiger partial charge in [-0.15, -0.1) is 0 Å². The average molecular weight is 269 g/mol. The van der Waals surface area contributed by atoms with Gasteiger partial charge in [0.05, 0.1) is 5.41 Å². The highest BCUT2D eigenvalue weighted by atomic mass is 16.4. The van der Waals surface area contributed by atoms with Gasteiger partial charge in [0.15, 0.2) is 0 Å². The topological polar surface area (TPSA) is 66.4 Å². The van der Waals surface area contributed by atoms with Crippen molar-refractivity contribution in [1.29, 1.82) is 0 Å². The Morgan fingerprint density at radius 3 is 2.32 bits per heavy atom. The molecule has 110 valence electrons. The fraction of sp³-hybridized carbons (Fsp3) is 0.867. The number of carboxylic acids is 1. The monoisotopic (exact) mass is 269 g/mol. The van der Waals surface area contributed by atoms with Crippen molar-refractivity contribution in [2.75, 3.05) is 6.54 Å². The summed E-state index contributed by atoms with van der Waals surface area (Å²) in [5.74, 6) is -1.10. The van der Waals surface area contributed by atoms with Crippen LogP contribution in [-0.4, -0.2) is 23.5 Å². The first-order valence-corrected chi connectivity index (χ1v) is 7.26. The fourth-order valence-corrected chi connectivity index (χ4v) is 2.43. The fourth-order valence-electron chi connectivity index (χ4n) is 2.43. The van der Waals surface area contributed by atoms with E-state index in [1.807, 2.05) is 13.8 Å². The molecule has 0 aliphatic heterocycles. The highest BCUT2D eigenvalue weighted by Gasteiger charge is 2.43. The molecule has 0 saturated heterocycles. The SMILES string of the molecule is CCCC1(CNC(=O)CC(C)(C(=O)O)C(C)C)CC1. The first kappa shape index (κ1) is 16.0. The number of hydrogen-bond donors (Lipinski definition) is 2. The molecule has 0 radical (unpaired) electrons. The summed E-state index contributed by atoms with van der Waals surface area (Å²) in [4.78, 5) is 23.3. The van der Waals surface area contributed by atoms with Crippen LogP contribution in [0.3, 0.4) is 0 Å². The standard InChI is InChI=1S/C15H27NO3/c1-5-6-15(7-8-15)10-16-12(17)9-14(4,11(2)3)13(18)19/h11H,5-10H2,1-4H3,(H,16,17)(H,18,19). The zero-order valence-corrected chi connectivity index (χ0v) is 12.6. The number of carbonyl (C=O) groups is 2. The molecule has 19 heavy (non-hydrogen) atoms. The van der Waals surface area contributed by atoms with E-state index < -0.39 is 11.4 Å². The van der Waals surface area contributed by atoms with Crippen molar-refractivity contribution in [2.45, 2.75) is 59.8 Å². The smallest absolute Gasteiger partial charge is 0.310 e. The minimum Gasteiger partial charge on any atom is -0.481 e. The van der Waals surface area contributed by atoms with Crippen LogP contribution in [0.25, 0.3) is 0 Å². The lowest BCUT2D eigenvalue weighted by molar-refractivity contribution is -0.153. The van der Waals surface area contributed by atoms with Crippen molar-refractivity contribution in [2.24, 2.45) is 16.7 Å². The second-order valence-electron chi connectivity index (χ2n) is 6.58. The van der Waals surface area contributed by atoms with Crippen LogP contribution in [0.4, 0.5) is 0 Å². The normalized spacial score (nSPS) is 19.8. The molecule has 1 unspecified atom stereocenters. The number of rotatable bonds is 8. The lowest BCUT2D eigenvalue weighted by Gasteiger charge is -2.28. The number of carbonyl (C=O) groups excluding carboxylic acids is 1. The molecule has 4 nitrogen and oxygen atoms in total. The van der Waals surface area contributed by atoms with Crippen molar-refractivity contribution in [1.82, 2.24) is 5.32 Å². The molecule has 0 spiro atoms. The van der Waals surface area contributed by atoms with Gasteiger partial charge in [-0.1, -0.05) is 27.2 Å². The number of carboxylic acid groups (broad SMARTS) is 1. The maximum atomic E-state index is 12.0. The van der Waals surface area contributed by atoms with Gasteiger partial charge in [-0.05, 0) is 37.5 Å². The summed E-state index contributed by atoms with van der Waals surface area (Å²) < 4.78 is 0. The van der Waals surface area contributed by atoms with Crippen molar-refractivity contribution >= 4 is 11.9 Å². The summed E-state index contributed by atoms with van der Waals surface area (Å²) in [6.07, 6.45) is 4.70. The van der Waals surface area contributed by atoms with Gasteiger partial charge < -0.3 is 10.4 Å².